The zero-order chi connectivity index (χ0) is 15.4. The van der Waals surface area contributed by atoms with E-state index in [-0.39, 0.29) is 37.3 Å². The fourth-order valence-electron chi connectivity index (χ4n) is 2.74. The number of aromatic amines is 1. The summed E-state index contributed by atoms with van der Waals surface area (Å²) in [5.74, 6) is 1.21. The van der Waals surface area contributed by atoms with Crippen LogP contribution >= 0.6 is 24.8 Å². The molecule has 24 heavy (non-hydrogen) atoms. The van der Waals surface area contributed by atoms with Gasteiger partial charge in [-0.25, -0.2) is 15.0 Å². The number of rotatable bonds is 5. The lowest BCUT2D eigenvalue weighted by Crippen LogP contribution is -2.41. The van der Waals surface area contributed by atoms with Crippen LogP contribution in [0.5, 0.6) is 0 Å². The molecule has 0 bridgehead atoms. The molecule has 1 unspecified atom stereocenters. The zero-order valence-electron chi connectivity index (χ0n) is 13.5. The molecule has 3 N–H and O–H groups in total. The first-order valence-corrected chi connectivity index (χ1v) is 7.56. The summed E-state index contributed by atoms with van der Waals surface area (Å²) < 4.78 is 0. The molecule has 0 radical (unpaired) electrons. The maximum Gasteiger partial charge on any atom is 0.239 e. The zero-order valence-corrected chi connectivity index (χ0v) is 15.1. The first-order chi connectivity index (χ1) is 10.7. The van der Waals surface area contributed by atoms with E-state index < -0.39 is 0 Å². The number of anilines is 1. The van der Waals surface area contributed by atoms with Crippen molar-refractivity contribution in [3.05, 3.63) is 12.7 Å². The number of piperidine rings is 1. The Morgan fingerprint density at radius 2 is 2.21 bits per heavy atom. The van der Waals surface area contributed by atoms with Crippen molar-refractivity contribution in [3.63, 3.8) is 0 Å². The molecule has 0 saturated carbocycles. The number of fused-ring (bicyclic) bond motifs is 1. The predicted octanol–water partition coefficient (Wildman–Crippen LogP) is 0.748. The Morgan fingerprint density at radius 3 is 2.96 bits per heavy atom. The number of carbonyl (C=O) groups is 1. The summed E-state index contributed by atoms with van der Waals surface area (Å²) in [4.78, 5) is 29.3. The predicted molar refractivity (Wildman–Crippen MR) is 98.1 cm³/mol. The molecule has 8 nitrogen and oxygen atoms in total. The van der Waals surface area contributed by atoms with E-state index in [0.29, 0.717) is 17.4 Å². The smallest absolute Gasteiger partial charge is 0.239 e. The van der Waals surface area contributed by atoms with Crippen molar-refractivity contribution < 1.29 is 4.79 Å². The summed E-state index contributed by atoms with van der Waals surface area (Å²) in [5, 5.41) is 6.36. The Morgan fingerprint density at radius 1 is 1.38 bits per heavy atom. The molecule has 1 saturated heterocycles. The largest absolute Gasteiger partial charge is 0.354 e. The van der Waals surface area contributed by atoms with Crippen LogP contribution in [0.3, 0.4) is 0 Å². The summed E-state index contributed by atoms with van der Waals surface area (Å²) in [6.45, 7) is 3.05. The second-order valence-corrected chi connectivity index (χ2v) is 5.67. The van der Waals surface area contributed by atoms with Crippen LogP contribution in [-0.2, 0) is 4.79 Å². The topological polar surface area (TPSA) is 98.8 Å². The standard InChI is InChI=1S/C14H21N7O.2ClH/c1-21(14-12-13(18-8-17-12)19-9-20-14)7-11(22)16-6-10-3-2-4-15-5-10;;/h8-10,15H,2-7H2,1H3,(H,16,22)(H,17,18,19,20);2*1H. The maximum absolute atomic E-state index is 12.1. The Labute approximate surface area is 153 Å². The van der Waals surface area contributed by atoms with E-state index in [1.807, 2.05) is 7.05 Å². The fraction of sp³-hybridized carbons (Fsp3) is 0.571. The third-order valence-corrected chi connectivity index (χ3v) is 3.93. The second kappa shape index (κ2) is 9.61. The van der Waals surface area contributed by atoms with Crippen molar-refractivity contribution in [2.45, 2.75) is 12.8 Å². The van der Waals surface area contributed by atoms with Gasteiger partial charge in [0.2, 0.25) is 5.91 Å². The molecule has 0 aromatic carbocycles. The molecule has 0 spiro atoms. The van der Waals surface area contributed by atoms with Gasteiger partial charge in [0, 0.05) is 13.6 Å². The molecule has 3 rings (SSSR count). The van der Waals surface area contributed by atoms with Gasteiger partial charge >= 0.3 is 0 Å². The van der Waals surface area contributed by atoms with Crippen molar-refractivity contribution in [2.24, 2.45) is 5.92 Å². The summed E-state index contributed by atoms with van der Waals surface area (Å²) in [7, 11) is 1.84. The number of hydrogen-bond donors (Lipinski definition) is 3. The van der Waals surface area contributed by atoms with Gasteiger partial charge in [0.1, 0.15) is 11.8 Å². The highest BCUT2D eigenvalue weighted by molar-refractivity contribution is 5.87. The number of aromatic nitrogens is 4. The van der Waals surface area contributed by atoms with E-state index in [1.54, 1.807) is 11.2 Å². The molecule has 10 heteroatoms. The monoisotopic (exact) mass is 375 g/mol. The van der Waals surface area contributed by atoms with Gasteiger partial charge in [-0.1, -0.05) is 0 Å². The second-order valence-electron chi connectivity index (χ2n) is 5.67. The number of carbonyl (C=O) groups excluding carboxylic acids is 1. The van der Waals surface area contributed by atoms with Crippen molar-refractivity contribution in [2.75, 3.05) is 38.1 Å². The molecule has 2 aromatic heterocycles. The molecule has 1 fully saturated rings. The van der Waals surface area contributed by atoms with Crippen LogP contribution in [0.4, 0.5) is 5.82 Å². The summed E-state index contributed by atoms with van der Waals surface area (Å²) in [5.41, 5.74) is 1.35. The van der Waals surface area contributed by atoms with Crippen LogP contribution in [0.15, 0.2) is 12.7 Å². The number of nitrogens with zero attached hydrogens (tertiary/aromatic N) is 4. The van der Waals surface area contributed by atoms with Gasteiger partial charge in [-0.2, -0.15) is 0 Å². The average molecular weight is 376 g/mol. The quantitative estimate of drug-likeness (QED) is 0.712. The first kappa shape index (κ1) is 20.4. The molecule has 0 aliphatic carbocycles. The van der Waals surface area contributed by atoms with Crippen molar-refractivity contribution >= 4 is 47.7 Å². The molecule has 1 amide bonds. The van der Waals surface area contributed by atoms with Crippen molar-refractivity contribution in [1.82, 2.24) is 30.6 Å². The molecule has 1 aliphatic rings. The lowest BCUT2D eigenvalue weighted by molar-refractivity contribution is -0.119. The van der Waals surface area contributed by atoms with Gasteiger partial charge in [0.15, 0.2) is 11.5 Å². The summed E-state index contributed by atoms with van der Waals surface area (Å²) in [6.07, 6.45) is 5.39. The van der Waals surface area contributed by atoms with E-state index in [4.69, 9.17) is 0 Å². The van der Waals surface area contributed by atoms with Gasteiger partial charge in [0.05, 0.1) is 12.9 Å². The highest BCUT2D eigenvalue weighted by atomic mass is 35.5. The molecule has 1 atom stereocenters. The van der Waals surface area contributed by atoms with E-state index in [9.17, 15) is 4.79 Å². The molecule has 3 heterocycles. The number of hydrogen-bond acceptors (Lipinski definition) is 6. The summed E-state index contributed by atoms with van der Waals surface area (Å²) >= 11 is 0. The third kappa shape index (κ3) is 4.93. The minimum atomic E-state index is -0.000601. The van der Waals surface area contributed by atoms with Crippen LogP contribution in [0.1, 0.15) is 12.8 Å². The van der Waals surface area contributed by atoms with E-state index in [1.165, 1.54) is 19.2 Å². The number of imidazole rings is 1. The van der Waals surface area contributed by atoms with Crippen LogP contribution in [0, 0.1) is 5.92 Å². The van der Waals surface area contributed by atoms with E-state index in [0.717, 1.165) is 25.2 Å². The molecule has 1 aliphatic heterocycles. The average Bonchev–Trinajstić information content (AvgIpc) is 3.02. The number of halogens is 2. The van der Waals surface area contributed by atoms with Gasteiger partial charge in [-0.05, 0) is 31.8 Å². The highest BCUT2D eigenvalue weighted by Gasteiger charge is 2.16. The fourth-order valence-corrected chi connectivity index (χ4v) is 2.74. The first-order valence-electron chi connectivity index (χ1n) is 7.56. The number of nitrogens with one attached hydrogen (secondary N) is 3. The summed E-state index contributed by atoms with van der Waals surface area (Å²) in [6, 6.07) is 0. The molecular formula is C14H23Cl2N7O. The number of H-pyrrole nitrogens is 1. The third-order valence-electron chi connectivity index (χ3n) is 3.93. The lowest BCUT2D eigenvalue weighted by Gasteiger charge is -2.24. The normalized spacial score (nSPS) is 16.8. The van der Waals surface area contributed by atoms with Gasteiger partial charge in [0.25, 0.3) is 0 Å². The van der Waals surface area contributed by atoms with Crippen LogP contribution in [0.2, 0.25) is 0 Å². The Kier molecular flexibility index (Phi) is 8.17. The minimum Gasteiger partial charge on any atom is -0.354 e. The Bertz CT molecular complexity index is 645. The van der Waals surface area contributed by atoms with Crippen molar-refractivity contribution in [3.8, 4) is 0 Å². The number of amides is 1. The SMILES string of the molecule is CN(CC(=O)NCC1CCCNC1)c1ncnc2nc[nH]c12.Cl.Cl. The Hall–Kier alpha value is -1.64. The van der Waals surface area contributed by atoms with Gasteiger partial charge in [-0.15, -0.1) is 24.8 Å². The van der Waals surface area contributed by atoms with E-state index >= 15 is 0 Å². The molecular weight excluding hydrogens is 353 g/mol. The Balaban J connectivity index is 0.00000144. The number of likely N-dealkylation sites (N-methyl/N-ethyl adjacent to an activating group) is 1. The van der Waals surface area contributed by atoms with Gasteiger partial charge < -0.3 is 20.5 Å². The maximum atomic E-state index is 12.1. The lowest BCUT2D eigenvalue weighted by atomic mass is 10.00. The van der Waals surface area contributed by atoms with Crippen LogP contribution < -0.4 is 15.5 Å². The van der Waals surface area contributed by atoms with Crippen LogP contribution in [-0.4, -0.2) is 59.1 Å². The highest BCUT2D eigenvalue weighted by Crippen LogP contribution is 2.17. The molecule has 2 aromatic rings. The minimum absolute atomic E-state index is 0. The molecule has 134 valence electrons. The van der Waals surface area contributed by atoms with Crippen LogP contribution in [0.25, 0.3) is 11.2 Å². The van der Waals surface area contributed by atoms with E-state index in [2.05, 4.69) is 30.6 Å². The van der Waals surface area contributed by atoms with Crippen molar-refractivity contribution in [1.29, 1.82) is 0 Å². The van der Waals surface area contributed by atoms with Gasteiger partial charge in [-0.3, -0.25) is 4.79 Å².